The maximum atomic E-state index is 13.3. The zero-order valence-corrected chi connectivity index (χ0v) is 12.9. The number of nitrogens with zero attached hydrogens (tertiary/aromatic N) is 4. The third-order valence-corrected chi connectivity index (χ3v) is 3.34. The first-order valence-corrected chi connectivity index (χ1v) is 7.20. The van der Waals surface area contributed by atoms with Crippen LogP contribution >= 0.6 is 0 Å². The number of anilines is 1. The molecule has 3 rings (SSSR count). The fraction of sp³-hybridized carbons (Fsp3) is 0.125. The van der Waals surface area contributed by atoms with Crippen LogP contribution < -0.4 is 4.90 Å². The van der Waals surface area contributed by atoms with Crippen molar-refractivity contribution in [3.63, 3.8) is 0 Å². The summed E-state index contributed by atoms with van der Waals surface area (Å²) < 4.78 is 55.3. The van der Waals surface area contributed by atoms with Crippen molar-refractivity contribution >= 4 is 12.1 Å². The predicted molar refractivity (Wildman–Crippen MR) is 81.2 cm³/mol. The number of hydrogen-bond acceptors (Lipinski definition) is 5. The molecule has 0 unspecified atom stereocenters. The summed E-state index contributed by atoms with van der Waals surface area (Å²) in [6, 6.07) is 8.39. The molecule has 3 aromatic rings. The van der Waals surface area contributed by atoms with Gasteiger partial charge in [0.25, 0.3) is 0 Å². The van der Waals surface area contributed by atoms with Crippen LogP contribution in [0.4, 0.5) is 23.2 Å². The van der Waals surface area contributed by atoms with Gasteiger partial charge < -0.3 is 9.32 Å². The second-order valence-corrected chi connectivity index (χ2v) is 5.16. The Balaban J connectivity index is 1.77. The molecule has 2 aromatic heterocycles. The molecule has 0 bridgehead atoms. The highest BCUT2D eigenvalue weighted by Gasteiger charge is 2.38. The van der Waals surface area contributed by atoms with Gasteiger partial charge in [-0.05, 0) is 30.3 Å². The van der Waals surface area contributed by atoms with Gasteiger partial charge in [0.2, 0.25) is 12.3 Å². The van der Waals surface area contributed by atoms with Gasteiger partial charge in [0, 0.05) is 11.9 Å². The van der Waals surface area contributed by atoms with E-state index in [9.17, 15) is 22.4 Å². The highest BCUT2D eigenvalue weighted by molar-refractivity contribution is 5.74. The Bertz CT molecular complexity index is 909. The molecular weight excluding hydrogens is 356 g/mol. The molecule has 0 radical (unpaired) electrons. The first-order chi connectivity index (χ1) is 12.4. The molecule has 0 aliphatic carbocycles. The van der Waals surface area contributed by atoms with E-state index in [1.54, 1.807) is 6.07 Å². The molecule has 0 aliphatic rings. The number of amides is 1. The van der Waals surface area contributed by atoms with Gasteiger partial charge in [-0.3, -0.25) is 9.78 Å². The number of pyridine rings is 1. The standard InChI is InChI=1S/C16H10F4N4O2/c17-11-2-1-3-13(6-11)24(9-25)8-12-5-4-10(7-21-12)14-22-23-15(26-14)16(18,19)20/h1-7,9H,8H2. The average Bonchev–Trinajstić information content (AvgIpc) is 3.10. The molecule has 26 heavy (non-hydrogen) atoms. The lowest BCUT2D eigenvalue weighted by Crippen LogP contribution is -2.21. The van der Waals surface area contributed by atoms with Crippen molar-refractivity contribution in [3.8, 4) is 11.5 Å². The second-order valence-electron chi connectivity index (χ2n) is 5.16. The van der Waals surface area contributed by atoms with Crippen molar-refractivity contribution in [2.24, 2.45) is 0 Å². The molecule has 0 saturated carbocycles. The SMILES string of the molecule is O=CN(Cc1ccc(-c2nnc(C(F)(F)F)o2)cn1)c1cccc(F)c1. The molecule has 0 atom stereocenters. The van der Waals surface area contributed by atoms with Crippen LogP contribution in [0.25, 0.3) is 11.5 Å². The molecule has 0 saturated heterocycles. The summed E-state index contributed by atoms with van der Waals surface area (Å²) in [5, 5.41) is 6.27. The number of rotatable bonds is 5. The summed E-state index contributed by atoms with van der Waals surface area (Å²) in [6.07, 6.45) is -2.95. The van der Waals surface area contributed by atoms with Gasteiger partial charge in [0.15, 0.2) is 0 Å². The number of aromatic nitrogens is 3. The molecule has 134 valence electrons. The molecular formula is C16H10F4N4O2. The van der Waals surface area contributed by atoms with E-state index < -0.39 is 17.9 Å². The lowest BCUT2D eigenvalue weighted by Gasteiger charge is -2.17. The Hall–Kier alpha value is -3.30. The number of carbonyl (C=O) groups excluding carboxylic acids is 1. The second kappa shape index (κ2) is 6.90. The minimum Gasteiger partial charge on any atom is -0.413 e. The monoisotopic (exact) mass is 366 g/mol. The third kappa shape index (κ3) is 3.85. The fourth-order valence-electron chi connectivity index (χ4n) is 2.12. The van der Waals surface area contributed by atoms with Gasteiger partial charge in [-0.15, -0.1) is 10.2 Å². The van der Waals surface area contributed by atoms with Crippen LogP contribution in [0.15, 0.2) is 47.0 Å². The number of benzene rings is 1. The summed E-state index contributed by atoms with van der Waals surface area (Å²) >= 11 is 0. The van der Waals surface area contributed by atoms with Gasteiger partial charge in [-0.2, -0.15) is 13.2 Å². The Morgan fingerprint density at radius 1 is 1.15 bits per heavy atom. The largest absolute Gasteiger partial charge is 0.470 e. The lowest BCUT2D eigenvalue weighted by molar-refractivity contribution is -0.156. The van der Waals surface area contributed by atoms with E-state index in [0.29, 0.717) is 17.8 Å². The Morgan fingerprint density at radius 2 is 1.96 bits per heavy atom. The van der Waals surface area contributed by atoms with Crippen LogP contribution in [0.1, 0.15) is 11.6 Å². The molecule has 10 heteroatoms. The van der Waals surface area contributed by atoms with Crippen LogP contribution in [0.3, 0.4) is 0 Å². The van der Waals surface area contributed by atoms with Gasteiger partial charge in [0.05, 0.1) is 17.8 Å². The normalized spacial score (nSPS) is 11.4. The van der Waals surface area contributed by atoms with Crippen LogP contribution in [-0.2, 0) is 17.5 Å². The molecule has 6 nitrogen and oxygen atoms in total. The third-order valence-electron chi connectivity index (χ3n) is 3.34. The van der Waals surface area contributed by atoms with Crippen LogP contribution in [-0.4, -0.2) is 21.6 Å². The summed E-state index contributed by atoms with van der Waals surface area (Å²) in [5.74, 6) is -2.27. The lowest BCUT2D eigenvalue weighted by atomic mass is 10.2. The van der Waals surface area contributed by atoms with Crippen LogP contribution in [0.5, 0.6) is 0 Å². The highest BCUT2D eigenvalue weighted by Crippen LogP contribution is 2.30. The first-order valence-electron chi connectivity index (χ1n) is 7.20. The van der Waals surface area contributed by atoms with E-state index in [4.69, 9.17) is 0 Å². The minimum absolute atomic E-state index is 0.0465. The quantitative estimate of drug-likeness (QED) is 0.511. The summed E-state index contributed by atoms with van der Waals surface area (Å²) in [5.41, 5.74) is 0.971. The van der Waals surface area contributed by atoms with Gasteiger partial charge in [-0.25, -0.2) is 4.39 Å². The molecule has 1 amide bonds. The van der Waals surface area contributed by atoms with Crippen molar-refractivity contribution in [3.05, 3.63) is 60.0 Å². The Kier molecular flexibility index (Phi) is 4.65. The van der Waals surface area contributed by atoms with Crippen LogP contribution in [0.2, 0.25) is 0 Å². The summed E-state index contributed by atoms with van der Waals surface area (Å²) in [6.45, 7) is 0.0465. The first kappa shape index (κ1) is 17.5. The van der Waals surface area contributed by atoms with E-state index in [1.165, 1.54) is 41.4 Å². The van der Waals surface area contributed by atoms with E-state index in [2.05, 4.69) is 19.6 Å². The highest BCUT2D eigenvalue weighted by atomic mass is 19.4. The maximum absolute atomic E-state index is 13.3. The smallest absolute Gasteiger partial charge is 0.413 e. The number of halogens is 4. The van der Waals surface area contributed by atoms with Crippen molar-refractivity contribution in [2.45, 2.75) is 12.7 Å². The molecule has 0 spiro atoms. The molecule has 0 fully saturated rings. The van der Waals surface area contributed by atoms with E-state index in [0.717, 1.165) is 0 Å². The molecule has 0 aliphatic heterocycles. The Morgan fingerprint density at radius 3 is 2.54 bits per heavy atom. The van der Waals surface area contributed by atoms with Gasteiger partial charge >= 0.3 is 12.1 Å². The van der Waals surface area contributed by atoms with Crippen molar-refractivity contribution in [2.75, 3.05) is 4.90 Å². The molecule has 1 aromatic carbocycles. The Labute approximate surface area is 144 Å². The molecule has 2 heterocycles. The van der Waals surface area contributed by atoms with Gasteiger partial charge in [-0.1, -0.05) is 6.07 Å². The summed E-state index contributed by atoms with van der Waals surface area (Å²) in [4.78, 5) is 16.5. The minimum atomic E-state index is -4.73. The van der Waals surface area contributed by atoms with Crippen LogP contribution in [0, 0.1) is 5.82 Å². The number of carbonyl (C=O) groups is 1. The topological polar surface area (TPSA) is 72.1 Å². The number of hydrogen-bond donors (Lipinski definition) is 0. The van der Waals surface area contributed by atoms with Crippen molar-refractivity contribution in [1.29, 1.82) is 0 Å². The van der Waals surface area contributed by atoms with E-state index in [1.807, 2.05) is 0 Å². The average molecular weight is 366 g/mol. The van der Waals surface area contributed by atoms with Crippen molar-refractivity contribution < 1.29 is 26.8 Å². The zero-order valence-electron chi connectivity index (χ0n) is 12.9. The van der Waals surface area contributed by atoms with E-state index >= 15 is 0 Å². The zero-order chi connectivity index (χ0) is 18.7. The maximum Gasteiger partial charge on any atom is 0.470 e. The van der Waals surface area contributed by atoms with Gasteiger partial charge in [0.1, 0.15) is 5.82 Å². The molecule has 0 N–H and O–H groups in total. The fourth-order valence-corrected chi connectivity index (χ4v) is 2.12. The summed E-state index contributed by atoms with van der Waals surface area (Å²) in [7, 11) is 0. The number of alkyl halides is 3. The van der Waals surface area contributed by atoms with E-state index in [-0.39, 0.29) is 18.0 Å². The van der Waals surface area contributed by atoms with Crippen molar-refractivity contribution in [1.82, 2.24) is 15.2 Å². The predicted octanol–water partition coefficient (Wildman–Crippen LogP) is 3.45.